The van der Waals surface area contributed by atoms with Crippen molar-refractivity contribution in [3.63, 3.8) is 0 Å². The van der Waals surface area contributed by atoms with Gasteiger partial charge in [-0.3, -0.25) is 0 Å². The van der Waals surface area contributed by atoms with Crippen molar-refractivity contribution in [1.82, 2.24) is 0 Å². The fraction of sp³-hybridized carbons (Fsp3) is 0.115. The van der Waals surface area contributed by atoms with Crippen LogP contribution in [0.25, 0.3) is 0 Å². The highest BCUT2D eigenvalue weighted by molar-refractivity contribution is 5.91. The Morgan fingerprint density at radius 3 is 1.71 bits per heavy atom. The summed E-state index contributed by atoms with van der Waals surface area (Å²) in [5.74, 6) is -3.16. The predicted octanol–water partition coefficient (Wildman–Crippen LogP) is 4.46. The van der Waals surface area contributed by atoms with Gasteiger partial charge in [-0.05, 0) is 36.4 Å². The summed E-state index contributed by atoms with van der Waals surface area (Å²) in [4.78, 5) is 37.2. The third kappa shape index (κ3) is 5.29. The summed E-state index contributed by atoms with van der Waals surface area (Å²) >= 11 is 0. The maximum atomic E-state index is 15.2. The fourth-order valence-electron chi connectivity index (χ4n) is 3.11. The Balaban J connectivity index is 1.51. The molecular weight excluding hydrogens is 443 g/mol. The highest BCUT2D eigenvalue weighted by Gasteiger charge is 2.43. The number of ether oxygens (including phenoxy) is 4. The molecule has 0 spiro atoms. The Morgan fingerprint density at radius 1 is 0.706 bits per heavy atom. The monoisotopic (exact) mass is 462 g/mol. The molecule has 2 atom stereocenters. The molecule has 3 aromatic rings. The van der Waals surface area contributed by atoms with E-state index in [1.165, 1.54) is 24.3 Å². The van der Waals surface area contributed by atoms with Gasteiger partial charge in [0.05, 0.1) is 16.7 Å². The maximum Gasteiger partial charge on any atom is 0.343 e. The van der Waals surface area contributed by atoms with Crippen LogP contribution in [0.4, 0.5) is 4.39 Å². The average molecular weight is 462 g/mol. The van der Waals surface area contributed by atoms with Gasteiger partial charge in [-0.2, -0.15) is 0 Å². The number of hydrogen-bond donors (Lipinski definition) is 0. The summed E-state index contributed by atoms with van der Waals surface area (Å²) in [6.07, 6.45) is -3.84. The maximum absolute atomic E-state index is 15.2. The molecule has 0 radical (unpaired) electrons. The largest absolute Gasteiger partial charge is 0.454 e. The molecule has 0 saturated carbocycles. The van der Waals surface area contributed by atoms with Crippen molar-refractivity contribution in [2.45, 2.75) is 12.5 Å². The van der Waals surface area contributed by atoms with Crippen LogP contribution in [0.2, 0.25) is 0 Å². The second-order valence-corrected chi connectivity index (χ2v) is 7.14. The number of carbonyl (C=O) groups excluding carboxylic acids is 3. The highest BCUT2D eigenvalue weighted by Crippen LogP contribution is 2.31. The lowest BCUT2D eigenvalue weighted by atomic mass is 10.2. The first kappa shape index (κ1) is 22.7. The van der Waals surface area contributed by atoms with E-state index in [1.54, 1.807) is 66.7 Å². The molecule has 1 aliphatic rings. The first-order valence-corrected chi connectivity index (χ1v) is 10.3. The van der Waals surface area contributed by atoms with Gasteiger partial charge in [-0.1, -0.05) is 54.6 Å². The van der Waals surface area contributed by atoms with Crippen molar-refractivity contribution in [2.75, 3.05) is 6.61 Å². The molecule has 0 bridgehead atoms. The van der Waals surface area contributed by atoms with Crippen LogP contribution in [-0.4, -0.2) is 37.0 Å². The summed E-state index contributed by atoms with van der Waals surface area (Å²) < 4.78 is 36.2. The van der Waals surface area contributed by atoms with Crippen molar-refractivity contribution in [3.8, 4) is 0 Å². The molecule has 4 rings (SSSR count). The van der Waals surface area contributed by atoms with E-state index in [0.29, 0.717) is 0 Å². The van der Waals surface area contributed by atoms with E-state index < -0.39 is 42.7 Å². The Morgan fingerprint density at radius 2 is 1.18 bits per heavy atom. The van der Waals surface area contributed by atoms with Gasteiger partial charge in [0.1, 0.15) is 0 Å². The van der Waals surface area contributed by atoms with Gasteiger partial charge >= 0.3 is 17.9 Å². The first-order valence-electron chi connectivity index (χ1n) is 10.3. The van der Waals surface area contributed by atoms with E-state index in [-0.39, 0.29) is 22.4 Å². The minimum absolute atomic E-state index is 0.174. The predicted molar refractivity (Wildman–Crippen MR) is 117 cm³/mol. The molecule has 1 aliphatic heterocycles. The molecular formula is C26H19FO7. The molecule has 1 heterocycles. The molecule has 0 amide bonds. The van der Waals surface area contributed by atoms with Gasteiger partial charge < -0.3 is 18.9 Å². The van der Waals surface area contributed by atoms with Crippen molar-refractivity contribution in [2.24, 2.45) is 0 Å². The van der Waals surface area contributed by atoms with Gasteiger partial charge in [0.2, 0.25) is 6.17 Å². The average Bonchev–Trinajstić information content (AvgIpc) is 3.17. The molecule has 7 nitrogen and oxygen atoms in total. The number of carbonyl (C=O) groups is 3. The molecule has 1 unspecified atom stereocenters. The van der Waals surface area contributed by atoms with Crippen LogP contribution in [-0.2, 0) is 18.9 Å². The van der Waals surface area contributed by atoms with Crippen LogP contribution >= 0.6 is 0 Å². The third-order valence-electron chi connectivity index (χ3n) is 4.81. The summed E-state index contributed by atoms with van der Waals surface area (Å²) in [5.41, 5.74) is 0.630. The topological polar surface area (TPSA) is 88.1 Å². The molecule has 8 heteroatoms. The van der Waals surface area contributed by atoms with Crippen LogP contribution in [0, 0.1) is 0 Å². The van der Waals surface area contributed by atoms with E-state index in [9.17, 15) is 14.4 Å². The standard InChI is InChI=1S/C26H19FO7/c27-21-22(33-24(29)18-12-6-2-7-13-18)20(16-31-23(28)17-10-4-1-5-11-17)32-26(21)34-25(30)19-14-8-3-9-15-19/h1-15,21,26H,16H2/t21?,26-/m1/s1. The SMILES string of the molecule is O=C(OCC1=C(OC(=O)c2ccccc2)C(F)[C@@H](OC(=O)c2ccccc2)O1)c1ccccc1. The lowest BCUT2D eigenvalue weighted by molar-refractivity contribution is -0.101. The summed E-state index contributed by atoms with van der Waals surface area (Å²) in [6, 6.07) is 24.0. The fourth-order valence-corrected chi connectivity index (χ4v) is 3.11. The summed E-state index contributed by atoms with van der Waals surface area (Å²) in [6.45, 7) is -0.537. The Hall–Kier alpha value is -4.46. The number of rotatable bonds is 7. The zero-order valence-corrected chi connectivity index (χ0v) is 17.8. The summed E-state index contributed by atoms with van der Waals surface area (Å²) in [5, 5.41) is 0. The minimum atomic E-state index is -2.12. The van der Waals surface area contributed by atoms with Crippen LogP contribution < -0.4 is 0 Å². The van der Waals surface area contributed by atoms with Crippen LogP contribution in [0.5, 0.6) is 0 Å². The number of alkyl halides is 1. The number of halogens is 1. The van der Waals surface area contributed by atoms with E-state index in [0.717, 1.165) is 0 Å². The van der Waals surface area contributed by atoms with Gasteiger partial charge in [0.15, 0.2) is 18.1 Å². The zero-order valence-electron chi connectivity index (χ0n) is 17.8. The van der Waals surface area contributed by atoms with Crippen molar-refractivity contribution in [3.05, 3.63) is 119 Å². The van der Waals surface area contributed by atoms with Crippen molar-refractivity contribution >= 4 is 17.9 Å². The second-order valence-electron chi connectivity index (χ2n) is 7.14. The smallest absolute Gasteiger partial charge is 0.343 e. The normalized spacial score (nSPS) is 17.0. The lowest BCUT2D eigenvalue weighted by Crippen LogP contribution is -2.28. The number of hydrogen-bond acceptors (Lipinski definition) is 7. The zero-order chi connectivity index (χ0) is 23.9. The molecule has 34 heavy (non-hydrogen) atoms. The van der Waals surface area contributed by atoms with E-state index in [1.807, 2.05) is 0 Å². The molecule has 0 aromatic heterocycles. The van der Waals surface area contributed by atoms with E-state index >= 15 is 4.39 Å². The van der Waals surface area contributed by atoms with Gasteiger partial charge in [0, 0.05) is 0 Å². The molecule has 3 aromatic carbocycles. The van der Waals surface area contributed by atoms with Gasteiger partial charge in [-0.25, -0.2) is 18.8 Å². The van der Waals surface area contributed by atoms with Crippen molar-refractivity contribution in [1.29, 1.82) is 0 Å². The molecule has 0 aliphatic carbocycles. The highest BCUT2D eigenvalue weighted by atomic mass is 19.1. The molecule has 172 valence electrons. The second kappa shape index (κ2) is 10.4. The molecule has 0 N–H and O–H groups in total. The van der Waals surface area contributed by atoms with Gasteiger partial charge in [-0.15, -0.1) is 0 Å². The van der Waals surface area contributed by atoms with E-state index in [4.69, 9.17) is 18.9 Å². The quantitative estimate of drug-likeness (QED) is 0.378. The first-order chi connectivity index (χ1) is 16.5. The van der Waals surface area contributed by atoms with Crippen LogP contribution in [0.15, 0.2) is 103 Å². The Labute approximate surface area is 194 Å². The Kier molecular flexibility index (Phi) is 6.98. The van der Waals surface area contributed by atoms with Crippen LogP contribution in [0.1, 0.15) is 31.1 Å². The number of benzene rings is 3. The third-order valence-corrected chi connectivity index (χ3v) is 4.81. The number of esters is 3. The molecule has 0 saturated heterocycles. The molecule has 0 fully saturated rings. The lowest BCUT2D eigenvalue weighted by Gasteiger charge is -2.15. The van der Waals surface area contributed by atoms with E-state index in [2.05, 4.69) is 0 Å². The van der Waals surface area contributed by atoms with Crippen molar-refractivity contribution < 1.29 is 37.7 Å². The van der Waals surface area contributed by atoms with Crippen LogP contribution in [0.3, 0.4) is 0 Å². The summed E-state index contributed by atoms with van der Waals surface area (Å²) in [7, 11) is 0. The Bertz CT molecular complexity index is 1190. The van der Waals surface area contributed by atoms with Gasteiger partial charge in [0.25, 0.3) is 6.29 Å². The minimum Gasteiger partial charge on any atom is -0.454 e.